The number of aliphatic carboxylic acids is 1. The van der Waals surface area contributed by atoms with E-state index >= 15 is 0 Å². The lowest BCUT2D eigenvalue weighted by molar-refractivity contribution is -0.144. The van der Waals surface area contributed by atoms with Crippen LogP contribution in [0.25, 0.3) is 0 Å². The van der Waals surface area contributed by atoms with E-state index in [-0.39, 0.29) is 24.7 Å². The molecule has 0 bridgehead atoms. The number of rotatable bonds is 6. The van der Waals surface area contributed by atoms with Crippen molar-refractivity contribution in [3.8, 4) is 0 Å². The van der Waals surface area contributed by atoms with Crippen LogP contribution in [0.4, 0.5) is 0 Å². The van der Waals surface area contributed by atoms with Gasteiger partial charge in [-0.15, -0.1) is 0 Å². The van der Waals surface area contributed by atoms with Crippen LogP contribution in [0.3, 0.4) is 0 Å². The van der Waals surface area contributed by atoms with Gasteiger partial charge in [0.15, 0.2) is 0 Å². The molecule has 1 amide bonds. The highest BCUT2D eigenvalue weighted by Gasteiger charge is 2.25. The number of carboxylic acid groups (broad SMARTS) is 1. The summed E-state index contributed by atoms with van der Waals surface area (Å²) >= 11 is 0. The summed E-state index contributed by atoms with van der Waals surface area (Å²) in [5.41, 5.74) is 0. The van der Waals surface area contributed by atoms with Gasteiger partial charge >= 0.3 is 11.9 Å². The monoisotopic (exact) mass is 269 g/mol. The smallest absolute Gasteiger partial charge is 0.326 e. The summed E-state index contributed by atoms with van der Waals surface area (Å²) in [7, 11) is 1.24. The Balaban J connectivity index is 2.48. The van der Waals surface area contributed by atoms with E-state index < -0.39 is 18.0 Å². The summed E-state index contributed by atoms with van der Waals surface area (Å²) in [6.07, 6.45) is 6.14. The zero-order valence-corrected chi connectivity index (χ0v) is 10.9. The number of nitrogens with one attached hydrogen (secondary N) is 1. The maximum Gasteiger partial charge on any atom is 0.326 e. The molecule has 0 aromatic rings. The van der Waals surface area contributed by atoms with Crippen LogP contribution in [0, 0.1) is 5.92 Å². The third kappa shape index (κ3) is 5.11. The Bertz CT molecular complexity index is 377. The lowest BCUT2D eigenvalue weighted by Gasteiger charge is -2.20. The number of hydrogen-bond acceptors (Lipinski definition) is 4. The van der Waals surface area contributed by atoms with E-state index in [1.807, 2.05) is 12.2 Å². The van der Waals surface area contributed by atoms with Gasteiger partial charge in [-0.1, -0.05) is 12.2 Å². The van der Waals surface area contributed by atoms with Crippen molar-refractivity contribution < 1.29 is 24.2 Å². The fourth-order valence-corrected chi connectivity index (χ4v) is 1.94. The van der Waals surface area contributed by atoms with Gasteiger partial charge in [0.25, 0.3) is 0 Å². The molecule has 1 rings (SSSR count). The number of esters is 1. The molecule has 6 nitrogen and oxygen atoms in total. The molecule has 2 N–H and O–H groups in total. The summed E-state index contributed by atoms with van der Waals surface area (Å²) < 4.78 is 4.45. The predicted molar refractivity (Wildman–Crippen MR) is 67.3 cm³/mol. The van der Waals surface area contributed by atoms with Crippen molar-refractivity contribution in [1.82, 2.24) is 5.32 Å². The first-order chi connectivity index (χ1) is 9.04. The Morgan fingerprint density at radius 2 is 2.16 bits per heavy atom. The maximum absolute atomic E-state index is 11.9. The third-order valence-corrected chi connectivity index (χ3v) is 3.12. The summed E-state index contributed by atoms with van der Waals surface area (Å²) in [5.74, 6) is -2.06. The van der Waals surface area contributed by atoms with E-state index in [1.165, 1.54) is 7.11 Å². The van der Waals surface area contributed by atoms with Gasteiger partial charge in [0.2, 0.25) is 5.91 Å². The molecule has 0 fully saturated rings. The normalized spacial score (nSPS) is 19.5. The van der Waals surface area contributed by atoms with Crippen molar-refractivity contribution in [2.24, 2.45) is 5.92 Å². The fraction of sp³-hybridized carbons (Fsp3) is 0.615. The molecule has 0 saturated heterocycles. The Hall–Kier alpha value is -1.85. The first kappa shape index (κ1) is 15.2. The van der Waals surface area contributed by atoms with Crippen LogP contribution in [0.1, 0.15) is 32.1 Å². The van der Waals surface area contributed by atoms with Crippen molar-refractivity contribution in [2.45, 2.75) is 38.1 Å². The van der Waals surface area contributed by atoms with Crippen molar-refractivity contribution in [3.05, 3.63) is 12.2 Å². The summed E-state index contributed by atoms with van der Waals surface area (Å²) in [6.45, 7) is 0. The number of methoxy groups -OCH3 is 1. The average Bonchev–Trinajstić information content (AvgIpc) is 2.43. The SMILES string of the molecule is COC(=O)CC[C@@H](NC(=O)C1CC=CCC1)C(=O)O. The second kappa shape index (κ2) is 7.56. The molecule has 0 aromatic heterocycles. The van der Waals surface area contributed by atoms with E-state index in [0.29, 0.717) is 6.42 Å². The topological polar surface area (TPSA) is 92.7 Å². The van der Waals surface area contributed by atoms with E-state index in [9.17, 15) is 14.4 Å². The molecule has 19 heavy (non-hydrogen) atoms. The summed E-state index contributed by atoms with van der Waals surface area (Å²) in [5, 5.41) is 11.5. The Morgan fingerprint density at radius 3 is 2.68 bits per heavy atom. The lowest BCUT2D eigenvalue weighted by Crippen LogP contribution is -2.44. The summed E-state index contributed by atoms with van der Waals surface area (Å²) in [4.78, 5) is 33.9. The first-order valence-corrected chi connectivity index (χ1v) is 6.29. The highest BCUT2D eigenvalue weighted by Crippen LogP contribution is 2.18. The van der Waals surface area contributed by atoms with Crippen LogP contribution in [0.5, 0.6) is 0 Å². The molecule has 1 aliphatic carbocycles. The predicted octanol–water partition coefficient (Wildman–Crippen LogP) is 0.865. The zero-order valence-electron chi connectivity index (χ0n) is 10.9. The molecule has 1 unspecified atom stereocenters. The molecule has 0 aliphatic heterocycles. The van der Waals surface area contributed by atoms with Gasteiger partial charge < -0.3 is 15.2 Å². The Kier molecular flexibility index (Phi) is 6.05. The molecule has 0 saturated carbocycles. The number of carboxylic acids is 1. The largest absolute Gasteiger partial charge is 0.480 e. The van der Waals surface area contributed by atoms with Crippen LogP contribution < -0.4 is 5.32 Å². The Morgan fingerprint density at radius 1 is 1.42 bits per heavy atom. The molecule has 106 valence electrons. The van der Waals surface area contributed by atoms with Crippen molar-refractivity contribution in [1.29, 1.82) is 0 Å². The second-order valence-electron chi connectivity index (χ2n) is 4.50. The second-order valence-corrected chi connectivity index (χ2v) is 4.50. The van der Waals surface area contributed by atoms with E-state index in [4.69, 9.17) is 5.11 Å². The zero-order chi connectivity index (χ0) is 14.3. The standard InChI is InChI=1S/C13H19NO5/c1-19-11(15)8-7-10(13(17)18)14-12(16)9-5-3-2-4-6-9/h2-3,9-10H,4-8H2,1H3,(H,14,16)(H,17,18)/t9?,10-/m1/s1. The highest BCUT2D eigenvalue weighted by molar-refractivity contribution is 5.85. The fourth-order valence-electron chi connectivity index (χ4n) is 1.94. The minimum atomic E-state index is -1.14. The number of ether oxygens (including phenoxy) is 1. The maximum atomic E-state index is 11.9. The number of carbonyl (C=O) groups excluding carboxylic acids is 2. The van der Waals surface area contributed by atoms with Gasteiger partial charge in [-0.2, -0.15) is 0 Å². The van der Waals surface area contributed by atoms with Crippen LogP contribution >= 0.6 is 0 Å². The average molecular weight is 269 g/mol. The van der Waals surface area contributed by atoms with Crippen LogP contribution in [-0.2, 0) is 19.1 Å². The molecule has 0 spiro atoms. The number of carbonyl (C=O) groups is 3. The molecule has 1 aliphatic rings. The third-order valence-electron chi connectivity index (χ3n) is 3.12. The van der Waals surface area contributed by atoms with E-state index in [0.717, 1.165) is 12.8 Å². The van der Waals surface area contributed by atoms with E-state index in [1.54, 1.807) is 0 Å². The number of hydrogen-bond donors (Lipinski definition) is 2. The molecular weight excluding hydrogens is 250 g/mol. The van der Waals surface area contributed by atoms with Crippen LogP contribution in [-0.4, -0.2) is 36.1 Å². The molecule has 0 aromatic carbocycles. The minimum absolute atomic E-state index is 0.0294. The molecule has 0 radical (unpaired) electrons. The first-order valence-electron chi connectivity index (χ1n) is 6.29. The van der Waals surface area contributed by atoms with E-state index in [2.05, 4.69) is 10.1 Å². The van der Waals surface area contributed by atoms with Crippen molar-refractivity contribution >= 4 is 17.8 Å². The summed E-state index contributed by atoms with van der Waals surface area (Å²) in [6, 6.07) is -1.04. The van der Waals surface area contributed by atoms with Crippen LogP contribution in [0.2, 0.25) is 0 Å². The number of allylic oxidation sites excluding steroid dienone is 2. The lowest BCUT2D eigenvalue weighted by atomic mass is 9.93. The molecular formula is C13H19NO5. The van der Waals surface area contributed by atoms with Crippen LogP contribution in [0.15, 0.2) is 12.2 Å². The van der Waals surface area contributed by atoms with Gasteiger partial charge in [0.05, 0.1) is 7.11 Å². The quantitative estimate of drug-likeness (QED) is 0.551. The van der Waals surface area contributed by atoms with Crippen molar-refractivity contribution in [3.63, 3.8) is 0 Å². The molecule has 2 atom stereocenters. The Labute approximate surface area is 111 Å². The molecule has 6 heteroatoms. The minimum Gasteiger partial charge on any atom is -0.480 e. The van der Waals surface area contributed by atoms with Gasteiger partial charge in [-0.3, -0.25) is 9.59 Å². The molecule has 0 heterocycles. The van der Waals surface area contributed by atoms with Gasteiger partial charge in [-0.25, -0.2) is 4.79 Å². The number of amides is 1. The highest BCUT2D eigenvalue weighted by atomic mass is 16.5. The van der Waals surface area contributed by atoms with Gasteiger partial charge in [-0.05, 0) is 25.7 Å². The van der Waals surface area contributed by atoms with Crippen molar-refractivity contribution in [2.75, 3.05) is 7.11 Å². The van der Waals surface area contributed by atoms with Gasteiger partial charge in [0.1, 0.15) is 6.04 Å². The van der Waals surface area contributed by atoms with Gasteiger partial charge in [0, 0.05) is 12.3 Å².